The third-order valence-corrected chi connectivity index (χ3v) is 4.69. The minimum Gasteiger partial charge on any atom is -0.399 e. The number of carbonyl (C=O) groups excluding carboxylic acids is 1. The Hall–Kier alpha value is -3.02. The van der Waals surface area contributed by atoms with E-state index in [4.69, 9.17) is 5.73 Å². The molecule has 3 rings (SSSR count). The Bertz CT molecular complexity index is 926. The average molecular weight is 352 g/mol. The van der Waals surface area contributed by atoms with Gasteiger partial charge in [0.15, 0.2) is 0 Å². The average Bonchev–Trinajstić information content (AvgIpc) is 3.43. The second kappa shape index (κ2) is 7.07. The number of aromatic nitrogens is 1. The van der Waals surface area contributed by atoms with Crippen LogP contribution in [0.25, 0.3) is 5.70 Å². The highest BCUT2D eigenvalue weighted by Gasteiger charge is 2.22. The molecule has 0 atom stereocenters. The van der Waals surface area contributed by atoms with Gasteiger partial charge in [-0.05, 0) is 43.0 Å². The minimum atomic E-state index is -0.408. The molecule has 0 unspecified atom stereocenters. The Morgan fingerprint density at radius 3 is 2.77 bits per heavy atom. The molecule has 0 bridgehead atoms. The van der Waals surface area contributed by atoms with Gasteiger partial charge in [0.2, 0.25) is 0 Å². The van der Waals surface area contributed by atoms with Crippen molar-refractivity contribution >= 4 is 17.3 Å². The number of nitrogens with one attached hydrogen (secondary N) is 2. The molecule has 0 aliphatic heterocycles. The first-order chi connectivity index (χ1) is 12.4. The second-order valence-corrected chi connectivity index (χ2v) is 6.68. The second-order valence-electron chi connectivity index (χ2n) is 6.68. The van der Waals surface area contributed by atoms with Crippen LogP contribution in [-0.2, 0) is 6.54 Å². The molecule has 6 nitrogen and oxygen atoms in total. The van der Waals surface area contributed by atoms with Crippen LogP contribution >= 0.6 is 0 Å². The Labute approximate surface area is 152 Å². The number of hydrogen-bond acceptors (Lipinski definition) is 4. The molecule has 6 heteroatoms. The van der Waals surface area contributed by atoms with Crippen molar-refractivity contribution in [3.63, 3.8) is 0 Å². The lowest BCUT2D eigenvalue weighted by atomic mass is 10.1. The maximum Gasteiger partial charge on any atom is 0.263 e. The van der Waals surface area contributed by atoms with Gasteiger partial charge in [-0.15, -0.1) is 0 Å². The van der Waals surface area contributed by atoms with Crippen molar-refractivity contribution in [3.8, 4) is 0 Å². The van der Waals surface area contributed by atoms with E-state index in [9.17, 15) is 9.59 Å². The molecule has 1 aliphatic rings. The zero-order valence-corrected chi connectivity index (χ0v) is 15.1. The monoisotopic (exact) mass is 352 g/mol. The van der Waals surface area contributed by atoms with Crippen LogP contribution in [0.1, 0.15) is 39.9 Å². The van der Waals surface area contributed by atoms with Crippen molar-refractivity contribution in [2.24, 2.45) is 0 Å². The Balaban J connectivity index is 2.04. The van der Waals surface area contributed by atoms with E-state index in [-0.39, 0.29) is 11.1 Å². The van der Waals surface area contributed by atoms with Crippen molar-refractivity contribution in [2.75, 3.05) is 12.8 Å². The van der Waals surface area contributed by atoms with Crippen LogP contribution in [0.15, 0.2) is 41.8 Å². The highest BCUT2D eigenvalue weighted by Crippen LogP contribution is 2.23. The molecular weight excluding hydrogens is 328 g/mol. The molecule has 26 heavy (non-hydrogen) atoms. The van der Waals surface area contributed by atoms with Crippen molar-refractivity contribution in [2.45, 2.75) is 32.4 Å². The minimum absolute atomic E-state index is 0.102. The molecule has 136 valence electrons. The van der Waals surface area contributed by atoms with Crippen molar-refractivity contribution < 1.29 is 4.79 Å². The zero-order chi connectivity index (χ0) is 18.8. The van der Waals surface area contributed by atoms with E-state index in [0.717, 1.165) is 35.2 Å². The molecular formula is C20H24N4O2. The molecule has 1 heterocycles. The van der Waals surface area contributed by atoms with Gasteiger partial charge in [-0.2, -0.15) is 0 Å². The van der Waals surface area contributed by atoms with Gasteiger partial charge >= 0.3 is 0 Å². The van der Waals surface area contributed by atoms with Gasteiger partial charge in [-0.1, -0.05) is 18.7 Å². The first-order valence-corrected chi connectivity index (χ1v) is 8.67. The summed E-state index contributed by atoms with van der Waals surface area (Å²) in [6, 6.07) is 7.65. The van der Waals surface area contributed by atoms with Gasteiger partial charge in [-0.25, -0.2) is 0 Å². The third kappa shape index (κ3) is 3.64. The van der Waals surface area contributed by atoms with Crippen LogP contribution in [0.2, 0.25) is 0 Å². The smallest absolute Gasteiger partial charge is 0.263 e. The summed E-state index contributed by atoms with van der Waals surface area (Å²) in [5.41, 5.74) is 9.74. The molecule has 1 aliphatic carbocycles. The number of rotatable bonds is 6. The number of nitrogen functional groups attached to an aromatic ring is 1. The van der Waals surface area contributed by atoms with E-state index in [1.54, 1.807) is 16.8 Å². The molecule has 0 radical (unpaired) electrons. The van der Waals surface area contributed by atoms with Gasteiger partial charge in [0.25, 0.3) is 11.5 Å². The first kappa shape index (κ1) is 17.8. The Morgan fingerprint density at radius 2 is 2.12 bits per heavy atom. The highest BCUT2D eigenvalue weighted by atomic mass is 16.2. The molecule has 1 aromatic carbocycles. The Morgan fingerprint density at radius 1 is 1.38 bits per heavy atom. The molecule has 1 amide bonds. The van der Waals surface area contributed by atoms with E-state index >= 15 is 0 Å². The fourth-order valence-electron chi connectivity index (χ4n) is 2.83. The van der Waals surface area contributed by atoms with Crippen LogP contribution in [0, 0.1) is 6.92 Å². The van der Waals surface area contributed by atoms with Crippen LogP contribution in [-0.4, -0.2) is 23.6 Å². The van der Waals surface area contributed by atoms with Crippen molar-refractivity contribution in [1.29, 1.82) is 0 Å². The lowest BCUT2D eigenvalue weighted by Gasteiger charge is -2.15. The zero-order valence-electron chi connectivity index (χ0n) is 15.1. The van der Waals surface area contributed by atoms with Crippen LogP contribution in [0.5, 0.6) is 0 Å². The highest BCUT2D eigenvalue weighted by molar-refractivity contribution is 5.94. The van der Waals surface area contributed by atoms with E-state index < -0.39 is 5.91 Å². The number of benzene rings is 1. The van der Waals surface area contributed by atoms with Gasteiger partial charge in [0.05, 0.1) is 6.54 Å². The van der Waals surface area contributed by atoms with Crippen molar-refractivity contribution in [1.82, 2.24) is 15.2 Å². The summed E-state index contributed by atoms with van der Waals surface area (Å²) in [7, 11) is 1.51. The van der Waals surface area contributed by atoms with E-state index in [1.165, 1.54) is 7.05 Å². The summed E-state index contributed by atoms with van der Waals surface area (Å²) in [6.45, 7) is 6.32. The number of nitrogens with zero attached hydrogens (tertiary/aromatic N) is 1. The van der Waals surface area contributed by atoms with Gasteiger partial charge in [0.1, 0.15) is 5.56 Å². The number of hydrogen-bond donors (Lipinski definition) is 3. The van der Waals surface area contributed by atoms with Crippen LogP contribution in [0.3, 0.4) is 0 Å². The number of carbonyl (C=O) groups is 1. The lowest BCUT2D eigenvalue weighted by Crippen LogP contribution is -2.32. The van der Waals surface area contributed by atoms with Crippen molar-refractivity contribution in [3.05, 3.63) is 69.6 Å². The van der Waals surface area contributed by atoms with Crippen LogP contribution < -0.4 is 21.9 Å². The van der Waals surface area contributed by atoms with Crippen LogP contribution in [0.4, 0.5) is 5.69 Å². The molecule has 1 aromatic heterocycles. The number of anilines is 1. The maximum atomic E-state index is 12.8. The number of nitrogens with two attached hydrogens (primary N) is 1. The molecule has 1 fully saturated rings. The van der Waals surface area contributed by atoms with E-state index in [2.05, 4.69) is 17.2 Å². The Kier molecular flexibility index (Phi) is 4.84. The molecule has 2 aromatic rings. The SMILES string of the molecule is C=C(NC1CC1)c1cc(C(=O)NC)c(=O)n(Cc2cccc(N)c2C)c1. The van der Waals surface area contributed by atoms with Gasteiger partial charge in [0, 0.05) is 36.2 Å². The summed E-state index contributed by atoms with van der Waals surface area (Å²) >= 11 is 0. The van der Waals surface area contributed by atoms with Gasteiger partial charge in [-0.3, -0.25) is 9.59 Å². The van der Waals surface area contributed by atoms with E-state index in [1.807, 2.05) is 25.1 Å². The normalized spacial score (nSPS) is 13.3. The summed E-state index contributed by atoms with van der Waals surface area (Å²) in [4.78, 5) is 25.0. The predicted molar refractivity (Wildman–Crippen MR) is 104 cm³/mol. The summed E-state index contributed by atoms with van der Waals surface area (Å²) in [5.74, 6) is -0.408. The summed E-state index contributed by atoms with van der Waals surface area (Å²) in [5, 5.41) is 5.85. The molecule has 0 saturated heterocycles. The first-order valence-electron chi connectivity index (χ1n) is 8.67. The molecule has 1 saturated carbocycles. The molecule has 4 N–H and O–H groups in total. The summed E-state index contributed by atoms with van der Waals surface area (Å²) in [6.07, 6.45) is 3.97. The standard InChI is InChI=1S/C20H24N4O2/c1-12-14(5-4-6-18(12)21)10-24-11-15(13(2)23-16-7-8-16)9-17(20(24)26)19(25)22-3/h4-6,9,11,16,23H,2,7-8,10,21H2,1,3H3,(H,22,25). The lowest BCUT2D eigenvalue weighted by molar-refractivity contribution is 0.0961. The van der Waals surface area contributed by atoms with Gasteiger partial charge < -0.3 is 20.9 Å². The third-order valence-electron chi connectivity index (χ3n) is 4.69. The fraction of sp³-hybridized carbons (Fsp3) is 0.300. The maximum absolute atomic E-state index is 12.8. The summed E-state index contributed by atoms with van der Waals surface area (Å²) < 4.78 is 1.54. The number of pyridine rings is 1. The van der Waals surface area contributed by atoms with E-state index in [0.29, 0.717) is 18.3 Å². The largest absolute Gasteiger partial charge is 0.399 e. The predicted octanol–water partition coefficient (Wildman–Crippen LogP) is 1.87. The molecule has 0 spiro atoms. The quantitative estimate of drug-likeness (QED) is 0.693. The topological polar surface area (TPSA) is 89.2 Å². The fourth-order valence-corrected chi connectivity index (χ4v) is 2.83. The number of amides is 1.